The maximum atomic E-state index is 12.3. The highest BCUT2D eigenvalue weighted by Crippen LogP contribution is 2.14. The SMILES string of the molecule is O=C(CC1COCCN1)N1CCN(C(=O)c2cccs2)CC1. The van der Waals surface area contributed by atoms with E-state index in [0.29, 0.717) is 45.8 Å². The van der Waals surface area contributed by atoms with E-state index >= 15 is 0 Å². The van der Waals surface area contributed by atoms with Crippen molar-refractivity contribution in [2.75, 3.05) is 45.9 Å². The fourth-order valence-electron chi connectivity index (χ4n) is 2.81. The second-order valence-electron chi connectivity index (χ2n) is 5.58. The summed E-state index contributed by atoms with van der Waals surface area (Å²) in [5, 5.41) is 5.21. The molecule has 0 aromatic carbocycles. The van der Waals surface area contributed by atoms with Crippen LogP contribution in [0.3, 0.4) is 0 Å². The molecule has 22 heavy (non-hydrogen) atoms. The van der Waals surface area contributed by atoms with E-state index in [4.69, 9.17) is 4.74 Å². The molecule has 0 spiro atoms. The lowest BCUT2D eigenvalue weighted by molar-refractivity contribution is -0.133. The van der Waals surface area contributed by atoms with Gasteiger partial charge in [0, 0.05) is 45.2 Å². The van der Waals surface area contributed by atoms with Gasteiger partial charge in [0.15, 0.2) is 0 Å². The van der Waals surface area contributed by atoms with E-state index in [2.05, 4.69) is 5.32 Å². The molecule has 1 aromatic heterocycles. The lowest BCUT2D eigenvalue weighted by Crippen LogP contribution is -2.52. The van der Waals surface area contributed by atoms with Crippen LogP contribution in [0.2, 0.25) is 0 Å². The predicted molar refractivity (Wildman–Crippen MR) is 84.0 cm³/mol. The predicted octanol–water partition coefficient (Wildman–Crippen LogP) is 0.411. The van der Waals surface area contributed by atoms with Crippen molar-refractivity contribution in [1.29, 1.82) is 0 Å². The Morgan fingerprint density at radius 2 is 2.05 bits per heavy atom. The number of hydrogen-bond donors (Lipinski definition) is 1. The van der Waals surface area contributed by atoms with Gasteiger partial charge in [-0.05, 0) is 11.4 Å². The van der Waals surface area contributed by atoms with Gasteiger partial charge >= 0.3 is 0 Å². The number of carbonyl (C=O) groups excluding carboxylic acids is 2. The Kier molecular flexibility index (Phi) is 5.07. The molecule has 2 saturated heterocycles. The molecular weight excluding hydrogens is 302 g/mol. The summed E-state index contributed by atoms with van der Waals surface area (Å²) in [5.41, 5.74) is 0. The highest BCUT2D eigenvalue weighted by molar-refractivity contribution is 7.12. The fraction of sp³-hybridized carbons (Fsp3) is 0.600. The minimum atomic E-state index is 0.0736. The molecule has 3 rings (SSSR count). The van der Waals surface area contributed by atoms with Crippen LogP contribution in [-0.2, 0) is 9.53 Å². The molecule has 2 aliphatic heterocycles. The monoisotopic (exact) mass is 323 g/mol. The highest BCUT2D eigenvalue weighted by atomic mass is 32.1. The van der Waals surface area contributed by atoms with Gasteiger partial charge in [0.25, 0.3) is 5.91 Å². The molecule has 1 atom stereocenters. The largest absolute Gasteiger partial charge is 0.378 e. The highest BCUT2D eigenvalue weighted by Gasteiger charge is 2.27. The number of morpholine rings is 1. The van der Waals surface area contributed by atoms with Crippen molar-refractivity contribution in [1.82, 2.24) is 15.1 Å². The second-order valence-corrected chi connectivity index (χ2v) is 6.53. The van der Waals surface area contributed by atoms with Gasteiger partial charge in [-0.3, -0.25) is 9.59 Å². The first-order chi connectivity index (χ1) is 10.7. The molecule has 6 nitrogen and oxygen atoms in total. The molecule has 0 bridgehead atoms. The Morgan fingerprint density at radius 3 is 2.68 bits per heavy atom. The van der Waals surface area contributed by atoms with Gasteiger partial charge in [-0.25, -0.2) is 0 Å². The zero-order valence-electron chi connectivity index (χ0n) is 12.5. The van der Waals surface area contributed by atoms with Crippen LogP contribution in [0.1, 0.15) is 16.1 Å². The van der Waals surface area contributed by atoms with Gasteiger partial charge in [0.2, 0.25) is 5.91 Å². The lowest BCUT2D eigenvalue weighted by Gasteiger charge is -2.35. The maximum absolute atomic E-state index is 12.3. The maximum Gasteiger partial charge on any atom is 0.264 e. The summed E-state index contributed by atoms with van der Waals surface area (Å²) in [6, 6.07) is 3.85. The molecule has 0 saturated carbocycles. The number of rotatable bonds is 3. The molecule has 120 valence electrons. The molecule has 3 heterocycles. The summed E-state index contributed by atoms with van der Waals surface area (Å²) in [5.74, 6) is 0.218. The molecule has 1 unspecified atom stereocenters. The third kappa shape index (κ3) is 3.66. The average Bonchev–Trinajstić information content (AvgIpc) is 3.10. The van der Waals surface area contributed by atoms with Gasteiger partial charge in [0.1, 0.15) is 0 Å². The summed E-state index contributed by atoms with van der Waals surface area (Å²) in [4.78, 5) is 29.0. The van der Waals surface area contributed by atoms with Gasteiger partial charge in [-0.1, -0.05) is 6.07 Å². The van der Waals surface area contributed by atoms with Crippen molar-refractivity contribution in [3.63, 3.8) is 0 Å². The van der Waals surface area contributed by atoms with Gasteiger partial charge in [0.05, 0.1) is 18.1 Å². The van der Waals surface area contributed by atoms with Crippen LogP contribution in [0.4, 0.5) is 0 Å². The zero-order valence-corrected chi connectivity index (χ0v) is 13.3. The van der Waals surface area contributed by atoms with E-state index in [1.165, 1.54) is 11.3 Å². The van der Waals surface area contributed by atoms with E-state index in [1.807, 2.05) is 27.3 Å². The standard InChI is InChI=1S/C15H21N3O3S/c19-14(10-12-11-21-8-3-16-12)17-4-6-18(7-5-17)15(20)13-2-1-9-22-13/h1-2,9,12,16H,3-8,10-11H2. The number of amides is 2. The van der Waals surface area contributed by atoms with Crippen molar-refractivity contribution in [2.45, 2.75) is 12.5 Å². The number of thiophene rings is 1. The first kappa shape index (κ1) is 15.5. The van der Waals surface area contributed by atoms with Crippen LogP contribution < -0.4 is 5.32 Å². The first-order valence-corrected chi connectivity index (χ1v) is 8.53. The second kappa shape index (κ2) is 7.21. The minimum Gasteiger partial charge on any atom is -0.378 e. The Bertz CT molecular complexity index is 506. The lowest BCUT2D eigenvalue weighted by atomic mass is 10.1. The Morgan fingerprint density at radius 1 is 1.27 bits per heavy atom. The van der Waals surface area contributed by atoms with E-state index in [1.54, 1.807) is 0 Å². The zero-order chi connectivity index (χ0) is 15.4. The van der Waals surface area contributed by atoms with Crippen LogP contribution in [0.15, 0.2) is 17.5 Å². The Hall–Kier alpha value is -1.44. The number of piperazine rings is 1. The fourth-order valence-corrected chi connectivity index (χ4v) is 3.50. The van der Waals surface area contributed by atoms with Gasteiger partial charge in [-0.15, -0.1) is 11.3 Å². The Balaban J connectivity index is 1.46. The minimum absolute atomic E-state index is 0.0736. The number of nitrogens with zero attached hydrogens (tertiary/aromatic N) is 2. The van der Waals surface area contributed by atoms with Crippen LogP contribution in [0, 0.1) is 0 Å². The molecule has 0 radical (unpaired) electrons. The van der Waals surface area contributed by atoms with Crippen molar-refractivity contribution in [2.24, 2.45) is 0 Å². The molecule has 2 amide bonds. The van der Waals surface area contributed by atoms with Crippen molar-refractivity contribution < 1.29 is 14.3 Å². The van der Waals surface area contributed by atoms with E-state index < -0.39 is 0 Å². The quantitative estimate of drug-likeness (QED) is 0.875. The number of hydrogen-bond acceptors (Lipinski definition) is 5. The number of ether oxygens (including phenoxy) is 1. The molecule has 1 N–H and O–H groups in total. The van der Waals surface area contributed by atoms with Crippen LogP contribution in [-0.4, -0.2) is 73.6 Å². The van der Waals surface area contributed by atoms with E-state index in [0.717, 1.165) is 11.4 Å². The normalized spacial score (nSPS) is 22.6. The third-order valence-corrected chi connectivity index (χ3v) is 4.93. The summed E-state index contributed by atoms with van der Waals surface area (Å²) in [7, 11) is 0. The Labute approximate surface area is 134 Å². The van der Waals surface area contributed by atoms with Crippen LogP contribution in [0.5, 0.6) is 0 Å². The summed E-state index contributed by atoms with van der Waals surface area (Å²) >= 11 is 1.46. The van der Waals surface area contributed by atoms with Crippen molar-refractivity contribution in [3.8, 4) is 0 Å². The molecule has 2 aliphatic rings. The summed E-state index contributed by atoms with van der Waals surface area (Å²) < 4.78 is 5.38. The molecular formula is C15H21N3O3S. The number of nitrogens with one attached hydrogen (secondary N) is 1. The molecule has 0 aliphatic carbocycles. The molecule has 7 heteroatoms. The molecule has 2 fully saturated rings. The molecule has 1 aromatic rings. The summed E-state index contributed by atoms with van der Waals surface area (Å²) in [6.45, 7) is 4.57. The number of carbonyl (C=O) groups is 2. The van der Waals surface area contributed by atoms with E-state index in [9.17, 15) is 9.59 Å². The van der Waals surface area contributed by atoms with Crippen LogP contribution in [0.25, 0.3) is 0 Å². The third-order valence-electron chi connectivity index (χ3n) is 4.07. The average molecular weight is 323 g/mol. The van der Waals surface area contributed by atoms with Gasteiger partial charge in [-0.2, -0.15) is 0 Å². The van der Waals surface area contributed by atoms with Crippen molar-refractivity contribution >= 4 is 23.2 Å². The van der Waals surface area contributed by atoms with E-state index in [-0.39, 0.29) is 17.9 Å². The van der Waals surface area contributed by atoms with Crippen molar-refractivity contribution in [3.05, 3.63) is 22.4 Å². The smallest absolute Gasteiger partial charge is 0.264 e. The van der Waals surface area contributed by atoms with Gasteiger partial charge < -0.3 is 19.9 Å². The summed E-state index contributed by atoms with van der Waals surface area (Å²) in [6.07, 6.45) is 0.471. The first-order valence-electron chi connectivity index (χ1n) is 7.66. The van der Waals surface area contributed by atoms with Crippen LogP contribution >= 0.6 is 11.3 Å². The topological polar surface area (TPSA) is 61.9 Å².